The highest BCUT2D eigenvalue weighted by atomic mass is 35.5. The van der Waals surface area contributed by atoms with Gasteiger partial charge in [-0.05, 0) is 19.1 Å². The second kappa shape index (κ2) is 5.09. The lowest BCUT2D eigenvalue weighted by atomic mass is 10.2. The molecule has 1 aromatic carbocycles. The fraction of sp³-hybridized carbons (Fsp3) is 0.300. The molecule has 1 atom stereocenters. The molecule has 0 radical (unpaired) electrons. The SMILES string of the molecule is C[C@H](NCc1ccc(Cl)cc1F)C(=O)O. The minimum absolute atomic E-state index is 0.163. The molecule has 2 N–H and O–H groups in total. The molecular formula is C10H11ClFNO2. The van der Waals surface area contributed by atoms with Crippen LogP contribution in [0.2, 0.25) is 5.02 Å². The second-order valence-electron chi connectivity index (χ2n) is 3.18. The largest absolute Gasteiger partial charge is 0.480 e. The van der Waals surface area contributed by atoms with Gasteiger partial charge >= 0.3 is 5.97 Å². The molecule has 15 heavy (non-hydrogen) atoms. The Morgan fingerprint density at radius 3 is 2.87 bits per heavy atom. The Kier molecular flexibility index (Phi) is 4.05. The quantitative estimate of drug-likeness (QED) is 0.834. The zero-order valence-electron chi connectivity index (χ0n) is 8.13. The molecule has 1 rings (SSSR count). The number of carbonyl (C=O) groups is 1. The third-order valence-corrected chi connectivity index (χ3v) is 2.22. The van der Waals surface area contributed by atoms with E-state index in [1.54, 1.807) is 6.07 Å². The van der Waals surface area contributed by atoms with Crippen LogP contribution in [0.4, 0.5) is 4.39 Å². The molecule has 0 saturated carbocycles. The normalized spacial score (nSPS) is 12.5. The summed E-state index contributed by atoms with van der Waals surface area (Å²) in [7, 11) is 0. The van der Waals surface area contributed by atoms with Gasteiger partial charge in [-0.1, -0.05) is 17.7 Å². The molecule has 0 fully saturated rings. The predicted octanol–water partition coefficient (Wildman–Crippen LogP) is 2.04. The van der Waals surface area contributed by atoms with E-state index >= 15 is 0 Å². The number of nitrogens with one attached hydrogen (secondary N) is 1. The number of aliphatic carboxylic acids is 1. The smallest absolute Gasteiger partial charge is 0.320 e. The van der Waals surface area contributed by atoms with Crippen molar-refractivity contribution in [2.45, 2.75) is 19.5 Å². The zero-order valence-corrected chi connectivity index (χ0v) is 8.88. The molecule has 0 aromatic heterocycles. The molecule has 0 aliphatic rings. The first-order chi connectivity index (χ1) is 7.00. The Labute approximate surface area is 91.9 Å². The molecule has 5 heteroatoms. The van der Waals surface area contributed by atoms with Gasteiger partial charge in [0.25, 0.3) is 0 Å². The molecule has 0 bridgehead atoms. The Morgan fingerprint density at radius 2 is 2.33 bits per heavy atom. The van der Waals surface area contributed by atoms with E-state index in [4.69, 9.17) is 16.7 Å². The van der Waals surface area contributed by atoms with Crippen molar-refractivity contribution in [2.75, 3.05) is 0 Å². The average Bonchev–Trinajstić information content (AvgIpc) is 2.15. The zero-order chi connectivity index (χ0) is 11.4. The maximum Gasteiger partial charge on any atom is 0.320 e. The van der Waals surface area contributed by atoms with Gasteiger partial charge in [-0.15, -0.1) is 0 Å². The topological polar surface area (TPSA) is 49.3 Å². The van der Waals surface area contributed by atoms with Crippen LogP contribution < -0.4 is 5.32 Å². The Hall–Kier alpha value is -1.13. The summed E-state index contributed by atoms with van der Waals surface area (Å²) in [5.41, 5.74) is 0.396. The molecule has 0 aliphatic carbocycles. The maximum atomic E-state index is 13.2. The van der Waals surface area contributed by atoms with Crippen LogP contribution in [0.3, 0.4) is 0 Å². The van der Waals surface area contributed by atoms with E-state index in [9.17, 15) is 9.18 Å². The van der Waals surface area contributed by atoms with E-state index in [-0.39, 0.29) is 6.54 Å². The van der Waals surface area contributed by atoms with Crippen molar-refractivity contribution < 1.29 is 14.3 Å². The summed E-state index contributed by atoms with van der Waals surface area (Å²) in [4.78, 5) is 10.5. The minimum atomic E-state index is -0.968. The highest BCUT2D eigenvalue weighted by Gasteiger charge is 2.10. The van der Waals surface area contributed by atoms with Gasteiger partial charge in [0.2, 0.25) is 0 Å². The third-order valence-electron chi connectivity index (χ3n) is 1.98. The molecule has 0 saturated heterocycles. The van der Waals surface area contributed by atoms with Gasteiger partial charge in [0.05, 0.1) is 0 Å². The fourth-order valence-electron chi connectivity index (χ4n) is 1.02. The van der Waals surface area contributed by atoms with E-state index in [0.717, 1.165) is 0 Å². The predicted molar refractivity (Wildman–Crippen MR) is 55.3 cm³/mol. The first kappa shape index (κ1) is 11.9. The summed E-state index contributed by atoms with van der Waals surface area (Å²) in [5, 5.41) is 11.6. The number of halogens is 2. The van der Waals surface area contributed by atoms with Gasteiger partial charge in [0, 0.05) is 17.1 Å². The summed E-state index contributed by atoms with van der Waals surface area (Å²) in [5.74, 6) is -1.41. The van der Waals surface area contributed by atoms with Crippen LogP contribution in [0, 0.1) is 5.82 Å². The van der Waals surface area contributed by atoms with Gasteiger partial charge in [-0.25, -0.2) is 4.39 Å². The molecule has 1 aromatic rings. The maximum absolute atomic E-state index is 13.2. The van der Waals surface area contributed by atoms with Gasteiger partial charge in [-0.3, -0.25) is 4.79 Å². The van der Waals surface area contributed by atoms with Crippen LogP contribution in [-0.2, 0) is 11.3 Å². The first-order valence-electron chi connectivity index (χ1n) is 4.41. The average molecular weight is 232 g/mol. The number of carboxylic acids is 1. The monoisotopic (exact) mass is 231 g/mol. The van der Waals surface area contributed by atoms with Gasteiger partial charge < -0.3 is 10.4 Å². The Morgan fingerprint density at radius 1 is 1.67 bits per heavy atom. The molecule has 0 amide bonds. The number of carboxylic acid groups (broad SMARTS) is 1. The summed E-state index contributed by atoms with van der Waals surface area (Å²) in [6.07, 6.45) is 0. The van der Waals surface area contributed by atoms with Crippen LogP contribution in [0.25, 0.3) is 0 Å². The van der Waals surface area contributed by atoms with Crippen molar-refractivity contribution in [3.63, 3.8) is 0 Å². The van der Waals surface area contributed by atoms with Crippen LogP contribution in [0.5, 0.6) is 0 Å². The molecule has 3 nitrogen and oxygen atoms in total. The summed E-state index contributed by atoms with van der Waals surface area (Å²) in [6.45, 7) is 1.66. The number of hydrogen-bond acceptors (Lipinski definition) is 2. The van der Waals surface area contributed by atoms with Crippen molar-refractivity contribution >= 4 is 17.6 Å². The lowest BCUT2D eigenvalue weighted by Crippen LogP contribution is -2.33. The van der Waals surface area contributed by atoms with E-state index in [1.165, 1.54) is 19.1 Å². The standard InChI is InChI=1S/C10H11ClFNO2/c1-6(10(14)15)13-5-7-2-3-8(11)4-9(7)12/h2-4,6,13H,5H2,1H3,(H,14,15)/t6-/m0/s1. The summed E-state index contributed by atoms with van der Waals surface area (Å²) >= 11 is 5.58. The Bertz CT molecular complexity index is 370. The number of hydrogen-bond donors (Lipinski definition) is 2. The van der Waals surface area contributed by atoms with Crippen LogP contribution in [0.1, 0.15) is 12.5 Å². The molecule has 82 valence electrons. The highest BCUT2D eigenvalue weighted by molar-refractivity contribution is 6.30. The van der Waals surface area contributed by atoms with Gasteiger partial charge in [-0.2, -0.15) is 0 Å². The van der Waals surface area contributed by atoms with Crippen LogP contribution in [-0.4, -0.2) is 17.1 Å². The minimum Gasteiger partial charge on any atom is -0.480 e. The molecular weight excluding hydrogens is 221 g/mol. The van der Waals surface area contributed by atoms with Gasteiger partial charge in [0.1, 0.15) is 11.9 Å². The summed E-state index contributed by atoms with van der Waals surface area (Å²) < 4.78 is 13.2. The third kappa shape index (κ3) is 3.49. The summed E-state index contributed by atoms with van der Waals surface area (Å²) in [6, 6.07) is 3.58. The number of benzene rings is 1. The van der Waals surface area contributed by atoms with E-state index in [2.05, 4.69) is 5.32 Å². The lowest BCUT2D eigenvalue weighted by Gasteiger charge is -2.09. The van der Waals surface area contributed by atoms with Crippen molar-refractivity contribution in [3.05, 3.63) is 34.6 Å². The van der Waals surface area contributed by atoms with Crippen LogP contribution in [0.15, 0.2) is 18.2 Å². The van der Waals surface area contributed by atoms with E-state index in [1.807, 2.05) is 0 Å². The number of rotatable bonds is 4. The van der Waals surface area contributed by atoms with Crippen molar-refractivity contribution in [1.29, 1.82) is 0 Å². The first-order valence-corrected chi connectivity index (χ1v) is 4.78. The highest BCUT2D eigenvalue weighted by Crippen LogP contribution is 2.14. The van der Waals surface area contributed by atoms with Crippen molar-refractivity contribution in [1.82, 2.24) is 5.32 Å². The van der Waals surface area contributed by atoms with Crippen molar-refractivity contribution in [3.8, 4) is 0 Å². The van der Waals surface area contributed by atoms with Crippen LogP contribution >= 0.6 is 11.6 Å². The van der Waals surface area contributed by atoms with E-state index in [0.29, 0.717) is 10.6 Å². The fourth-order valence-corrected chi connectivity index (χ4v) is 1.17. The molecule has 0 aliphatic heterocycles. The molecule has 0 unspecified atom stereocenters. The van der Waals surface area contributed by atoms with Crippen molar-refractivity contribution in [2.24, 2.45) is 0 Å². The molecule has 0 spiro atoms. The lowest BCUT2D eigenvalue weighted by molar-refractivity contribution is -0.139. The Balaban J connectivity index is 2.62. The van der Waals surface area contributed by atoms with E-state index < -0.39 is 17.8 Å². The molecule has 0 heterocycles. The van der Waals surface area contributed by atoms with Gasteiger partial charge in [0.15, 0.2) is 0 Å². The second-order valence-corrected chi connectivity index (χ2v) is 3.61.